The van der Waals surface area contributed by atoms with Crippen molar-refractivity contribution in [3.63, 3.8) is 0 Å². The smallest absolute Gasteiger partial charge is 0.280 e. The summed E-state index contributed by atoms with van der Waals surface area (Å²) in [4.78, 5) is 7.86. The summed E-state index contributed by atoms with van der Waals surface area (Å²) in [5.41, 5.74) is 1.97. The van der Waals surface area contributed by atoms with Gasteiger partial charge in [0, 0.05) is 17.4 Å². The molecule has 1 aliphatic rings. The molecule has 7 nitrogen and oxygen atoms in total. The first-order chi connectivity index (χ1) is 14.3. The van der Waals surface area contributed by atoms with E-state index in [1.165, 1.54) is 12.3 Å². The van der Waals surface area contributed by atoms with Gasteiger partial charge in [0.2, 0.25) is 5.95 Å². The van der Waals surface area contributed by atoms with Crippen LogP contribution in [0.2, 0.25) is 0 Å². The predicted molar refractivity (Wildman–Crippen MR) is 109 cm³/mol. The number of hydrogen-bond acceptors (Lipinski definition) is 6. The van der Waals surface area contributed by atoms with Crippen molar-refractivity contribution in [1.29, 1.82) is 0 Å². The Balaban J connectivity index is 1.60. The van der Waals surface area contributed by atoms with E-state index in [0.717, 1.165) is 36.8 Å². The van der Waals surface area contributed by atoms with E-state index in [1.54, 1.807) is 4.68 Å². The van der Waals surface area contributed by atoms with Crippen molar-refractivity contribution in [2.75, 3.05) is 5.32 Å². The van der Waals surface area contributed by atoms with E-state index in [4.69, 9.17) is 0 Å². The lowest BCUT2D eigenvalue weighted by Gasteiger charge is -2.36. The van der Waals surface area contributed by atoms with Crippen LogP contribution in [0.1, 0.15) is 56.3 Å². The molecule has 0 radical (unpaired) electrons. The summed E-state index contributed by atoms with van der Waals surface area (Å²) >= 11 is 0. The first-order valence-corrected chi connectivity index (χ1v) is 9.96. The van der Waals surface area contributed by atoms with Crippen LogP contribution in [0.5, 0.6) is 0 Å². The Kier molecular flexibility index (Phi) is 5.46. The molecule has 4 rings (SSSR count). The molecule has 3 aromatic rings. The Morgan fingerprint density at radius 2 is 2.10 bits per heavy atom. The summed E-state index contributed by atoms with van der Waals surface area (Å²) < 4.78 is 27.5. The summed E-state index contributed by atoms with van der Waals surface area (Å²) in [6.07, 6.45) is 4.14. The minimum atomic E-state index is -2.66. The second-order valence-corrected chi connectivity index (χ2v) is 8.02. The lowest BCUT2D eigenvalue weighted by atomic mass is 9.82. The zero-order valence-electron chi connectivity index (χ0n) is 16.9. The van der Waals surface area contributed by atoms with Crippen LogP contribution in [-0.4, -0.2) is 35.7 Å². The van der Waals surface area contributed by atoms with Crippen LogP contribution in [0, 0.1) is 6.92 Å². The number of halogens is 2. The number of rotatable bonds is 5. The van der Waals surface area contributed by atoms with Crippen molar-refractivity contribution in [3.05, 3.63) is 47.9 Å². The van der Waals surface area contributed by atoms with E-state index in [0.29, 0.717) is 11.4 Å². The van der Waals surface area contributed by atoms with Gasteiger partial charge in [0.25, 0.3) is 6.43 Å². The predicted octanol–water partition coefficient (Wildman–Crippen LogP) is 4.59. The third-order valence-corrected chi connectivity index (χ3v) is 5.49. The van der Waals surface area contributed by atoms with Gasteiger partial charge in [-0.1, -0.05) is 18.1 Å². The summed E-state index contributed by atoms with van der Waals surface area (Å²) in [6, 6.07) is 6.77. The summed E-state index contributed by atoms with van der Waals surface area (Å²) in [5.74, 6) is 0.103. The average Bonchev–Trinajstić information content (AvgIpc) is 3.17. The topological polar surface area (TPSA) is 88.8 Å². The van der Waals surface area contributed by atoms with E-state index >= 15 is 0 Å². The Hall–Kier alpha value is -2.94. The molecule has 0 aliphatic heterocycles. The highest BCUT2D eigenvalue weighted by molar-refractivity contribution is 5.68. The minimum Gasteiger partial charge on any atom is -0.388 e. The third kappa shape index (κ3) is 4.30. The molecule has 0 saturated heterocycles. The van der Waals surface area contributed by atoms with Crippen LogP contribution in [-0.2, 0) is 0 Å². The van der Waals surface area contributed by atoms with Gasteiger partial charge in [-0.2, -0.15) is 0 Å². The highest BCUT2D eigenvalue weighted by Gasteiger charge is 2.36. The summed E-state index contributed by atoms with van der Waals surface area (Å²) in [6.45, 7) is 3.78. The van der Waals surface area contributed by atoms with Crippen molar-refractivity contribution >= 4 is 11.6 Å². The standard InChI is InChI=1S/C21H24F2N6O/c1-13-9-14(11-15(10-13)25-20-24-8-6-16(26-20)19(22)23)17-12-29(28-27-17)18-5-3-4-7-21(18,2)30/h6,8-12,18-19,30H,3-5,7H2,1-2H3,(H,24,25,26). The van der Waals surface area contributed by atoms with Gasteiger partial charge in [-0.15, -0.1) is 5.10 Å². The molecular formula is C21H24F2N6O. The zero-order valence-corrected chi connectivity index (χ0v) is 16.9. The lowest BCUT2D eigenvalue weighted by Crippen LogP contribution is -2.39. The fraction of sp³-hybridized carbons (Fsp3) is 0.429. The SMILES string of the molecule is Cc1cc(Nc2nccc(C(F)F)n2)cc(-c2cn(C3CCCCC3(C)O)nn2)c1. The summed E-state index contributed by atoms with van der Waals surface area (Å²) in [7, 11) is 0. The van der Waals surface area contributed by atoms with Crippen LogP contribution >= 0.6 is 0 Å². The van der Waals surface area contributed by atoms with Crippen molar-refractivity contribution in [1.82, 2.24) is 25.0 Å². The molecule has 1 saturated carbocycles. The molecule has 2 atom stereocenters. The molecule has 2 N–H and O–H groups in total. The van der Waals surface area contributed by atoms with E-state index in [9.17, 15) is 13.9 Å². The van der Waals surface area contributed by atoms with Crippen LogP contribution in [0.15, 0.2) is 36.7 Å². The van der Waals surface area contributed by atoms with E-state index in [-0.39, 0.29) is 17.7 Å². The summed E-state index contributed by atoms with van der Waals surface area (Å²) in [5, 5.41) is 22.3. The molecule has 158 valence electrons. The van der Waals surface area contributed by atoms with Gasteiger partial charge >= 0.3 is 0 Å². The molecule has 2 aromatic heterocycles. The van der Waals surface area contributed by atoms with Gasteiger partial charge < -0.3 is 10.4 Å². The van der Waals surface area contributed by atoms with Crippen LogP contribution in [0.25, 0.3) is 11.3 Å². The molecule has 1 aliphatic carbocycles. The van der Waals surface area contributed by atoms with Crippen LogP contribution in [0.3, 0.4) is 0 Å². The number of aromatic nitrogens is 5. The Morgan fingerprint density at radius 1 is 1.27 bits per heavy atom. The van der Waals surface area contributed by atoms with Gasteiger partial charge in [-0.3, -0.25) is 0 Å². The number of alkyl halides is 2. The molecule has 2 unspecified atom stereocenters. The third-order valence-electron chi connectivity index (χ3n) is 5.49. The number of benzene rings is 1. The first kappa shape index (κ1) is 20.3. The number of nitrogens with zero attached hydrogens (tertiary/aromatic N) is 5. The number of hydrogen-bond donors (Lipinski definition) is 2. The maximum Gasteiger partial charge on any atom is 0.280 e. The molecule has 0 amide bonds. The largest absolute Gasteiger partial charge is 0.388 e. The molecule has 1 fully saturated rings. The zero-order chi connectivity index (χ0) is 21.3. The lowest BCUT2D eigenvalue weighted by molar-refractivity contribution is -0.0298. The van der Waals surface area contributed by atoms with Crippen molar-refractivity contribution in [2.45, 2.75) is 57.6 Å². The molecule has 2 heterocycles. The number of aliphatic hydroxyl groups is 1. The minimum absolute atomic E-state index is 0.103. The second-order valence-electron chi connectivity index (χ2n) is 8.02. The van der Waals surface area contributed by atoms with Gasteiger partial charge in [0.15, 0.2) is 0 Å². The van der Waals surface area contributed by atoms with Crippen molar-refractivity contribution in [2.24, 2.45) is 0 Å². The monoisotopic (exact) mass is 414 g/mol. The maximum atomic E-state index is 12.9. The van der Waals surface area contributed by atoms with Crippen molar-refractivity contribution < 1.29 is 13.9 Å². The van der Waals surface area contributed by atoms with Crippen LogP contribution < -0.4 is 5.32 Å². The fourth-order valence-electron chi connectivity index (χ4n) is 3.96. The Morgan fingerprint density at radius 3 is 2.87 bits per heavy atom. The number of aryl methyl sites for hydroxylation is 1. The fourth-order valence-corrected chi connectivity index (χ4v) is 3.96. The quantitative estimate of drug-likeness (QED) is 0.635. The Labute approximate surface area is 173 Å². The van der Waals surface area contributed by atoms with Gasteiger partial charge in [-0.05, 0) is 56.5 Å². The van der Waals surface area contributed by atoms with Gasteiger partial charge in [0.1, 0.15) is 11.4 Å². The van der Waals surface area contributed by atoms with Gasteiger partial charge in [0.05, 0.1) is 17.8 Å². The normalized spacial score (nSPS) is 21.7. The number of nitrogens with one attached hydrogen (secondary N) is 1. The second kappa shape index (κ2) is 8.06. The average molecular weight is 414 g/mol. The molecule has 0 bridgehead atoms. The first-order valence-electron chi connectivity index (χ1n) is 9.96. The van der Waals surface area contributed by atoms with E-state index in [1.807, 2.05) is 38.2 Å². The van der Waals surface area contributed by atoms with Crippen molar-refractivity contribution in [3.8, 4) is 11.3 Å². The number of anilines is 2. The molecule has 1 aromatic carbocycles. The molecule has 0 spiro atoms. The molecular weight excluding hydrogens is 390 g/mol. The molecule has 30 heavy (non-hydrogen) atoms. The van der Waals surface area contributed by atoms with Gasteiger partial charge in [-0.25, -0.2) is 23.4 Å². The highest BCUT2D eigenvalue weighted by atomic mass is 19.3. The van der Waals surface area contributed by atoms with E-state index in [2.05, 4.69) is 25.6 Å². The highest BCUT2D eigenvalue weighted by Crippen LogP contribution is 2.37. The maximum absolute atomic E-state index is 12.9. The molecule has 9 heteroatoms. The van der Waals surface area contributed by atoms with E-state index < -0.39 is 12.0 Å². The Bertz CT molecular complexity index is 1040. The van der Waals surface area contributed by atoms with Crippen LogP contribution in [0.4, 0.5) is 20.4 Å².